The molecule has 1 aromatic heterocycles. The Labute approximate surface area is 235 Å². The lowest BCUT2D eigenvalue weighted by Crippen LogP contribution is -2.23. The predicted octanol–water partition coefficient (Wildman–Crippen LogP) is 5.99. The molecule has 9 heteroatoms. The topological polar surface area (TPSA) is 127 Å². The summed E-state index contributed by atoms with van der Waals surface area (Å²) in [6.07, 6.45) is 1.90. The SMILES string of the molecule is O=C(N/N=C(\C[C@H](C(=O)O)c1cn(Cc2ccccc2)c2ccccc12)c1ccccc1)c1ccc([N+](=O)[O-])cc1. The largest absolute Gasteiger partial charge is 0.481 e. The molecule has 1 atom stereocenters. The van der Waals surface area contributed by atoms with Crippen LogP contribution in [0.5, 0.6) is 0 Å². The zero-order valence-electron chi connectivity index (χ0n) is 21.9. The van der Waals surface area contributed by atoms with Gasteiger partial charge >= 0.3 is 5.97 Å². The number of hydrogen-bond acceptors (Lipinski definition) is 5. The van der Waals surface area contributed by atoms with E-state index in [1.54, 1.807) is 12.1 Å². The number of carboxylic acid groups (broad SMARTS) is 1. The van der Waals surface area contributed by atoms with E-state index in [1.165, 1.54) is 24.3 Å². The minimum Gasteiger partial charge on any atom is -0.481 e. The number of rotatable bonds is 10. The Balaban J connectivity index is 1.48. The molecule has 9 nitrogen and oxygen atoms in total. The molecule has 2 N–H and O–H groups in total. The van der Waals surface area contributed by atoms with Crippen molar-refractivity contribution in [1.82, 2.24) is 9.99 Å². The number of fused-ring (bicyclic) bond motifs is 1. The van der Waals surface area contributed by atoms with Crippen molar-refractivity contribution in [3.63, 3.8) is 0 Å². The molecule has 0 aliphatic heterocycles. The van der Waals surface area contributed by atoms with E-state index >= 15 is 0 Å². The molecule has 0 aliphatic rings. The molecular formula is C32H26N4O5. The van der Waals surface area contributed by atoms with Gasteiger partial charge in [-0.2, -0.15) is 5.10 Å². The summed E-state index contributed by atoms with van der Waals surface area (Å²) in [6.45, 7) is 0.582. The molecule has 1 amide bonds. The Morgan fingerprint density at radius 3 is 2.15 bits per heavy atom. The minimum absolute atomic E-state index is 0.0131. The van der Waals surface area contributed by atoms with Crippen LogP contribution in [-0.2, 0) is 11.3 Å². The first-order valence-electron chi connectivity index (χ1n) is 12.9. The van der Waals surface area contributed by atoms with Crippen molar-refractivity contribution in [2.45, 2.75) is 18.9 Å². The van der Waals surface area contributed by atoms with Gasteiger partial charge in [0.15, 0.2) is 0 Å². The normalized spacial score (nSPS) is 12.1. The molecule has 0 spiro atoms. The highest BCUT2D eigenvalue weighted by Crippen LogP contribution is 2.32. The van der Waals surface area contributed by atoms with Crippen molar-refractivity contribution in [2.75, 3.05) is 0 Å². The van der Waals surface area contributed by atoms with Gasteiger partial charge in [0.1, 0.15) is 0 Å². The number of carbonyl (C=O) groups is 2. The van der Waals surface area contributed by atoms with Gasteiger partial charge in [0.25, 0.3) is 11.6 Å². The Bertz CT molecular complexity index is 1730. The molecule has 1 heterocycles. The first-order chi connectivity index (χ1) is 19.9. The summed E-state index contributed by atoms with van der Waals surface area (Å²) in [7, 11) is 0. The molecule has 0 radical (unpaired) electrons. The summed E-state index contributed by atoms with van der Waals surface area (Å²) in [5.74, 6) is -2.54. The number of amides is 1. The Morgan fingerprint density at radius 1 is 0.854 bits per heavy atom. The minimum atomic E-state index is -1.02. The number of hydrogen-bond donors (Lipinski definition) is 2. The molecule has 4 aromatic carbocycles. The van der Waals surface area contributed by atoms with Crippen LogP contribution in [0.4, 0.5) is 5.69 Å². The standard InChI is InChI=1S/C32H26N4O5/c37-31(24-15-17-25(18-16-24)36(40)41)34-33-29(23-11-5-2-6-12-23)19-27(32(38)39)28-21-35(20-22-9-3-1-4-10-22)30-14-8-7-13-26(28)30/h1-18,21,27H,19-20H2,(H,34,37)(H,38,39)/b33-29+/t27-/m0/s1. The van der Waals surface area contributed by atoms with Gasteiger partial charge in [-0.3, -0.25) is 19.7 Å². The van der Waals surface area contributed by atoms with Crippen LogP contribution in [0.3, 0.4) is 0 Å². The quantitative estimate of drug-likeness (QED) is 0.126. The number of hydrazone groups is 1. The van der Waals surface area contributed by atoms with E-state index in [1.807, 2.05) is 83.6 Å². The summed E-state index contributed by atoms with van der Waals surface area (Å²) in [5, 5.41) is 26.5. The average Bonchev–Trinajstić information content (AvgIpc) is 3.35. The number of non-ortho nitro benzene ring substituents is 1. The van der Waals surface area contributed by atoms with Crippen LogP contribution in [0.25, 0.3) is 10.9 Å². The number of aliphatic carboxylic acids is 1. The smallest absolute Gasteiger partial charge is 0.311 e. The number of nitro groups is 1. The second-order valence-electron chi connectivity index (χ2n) is 9.48. The van der Waals surface area contributed by atoms with E-state index in [0.717, 1.165) is 16.5 Å². The first kappa shape index (κ1) is 27.0. The van der Waals surface area contributed by atoms with E-state index < -0.39 is 22.7 Å². The van der Waals surface area contributed by atoms with E-state index in [4.69, 9.17) is 0 Å². The number of para-hydroxylation sites is 1. The van der Waals surface area contributed by atoms with E-state index in [9.17, 15) is 24.8 Å². The van der Waals surface area contributed by atoms with Gasteiger partial charge in [-0.05, 0) is 34.9 Å². The molecule has 0 fully saturated rings. The third kappa shape index (κ3) is 6.20. The highest BCUT2D eigenvalue weighted by molar-refractivity contribution is 6.05. The maximum atomic E-state index is 12.8. The van der Waals surface area contributed by atoms with E-state index in [-0.39, 0.29) is 17.7 Å². The number of nitrogens with one attached hydrogen (secondary N) is 1. The summed E-state index contributed by atoms with van der Waals surface area (Å²) < 4.78 is 2.05. The fourth-order valence-corrected chi connectivity index (χ4v) is 4.76. The fraction of sp³-hybridized carbons (Fsp3) is 0.0938. The molecule has 41 heavy (non-hydrogen) atoms. The second-order valence-corrected chi connectivity index (χ2v) is 9.48. The molecule has 0 saturated heterocycles. The maximum Gasteiger partial charge on any atom is 0.311 e. The highest BCUT2D eigenvalue weighted by Gasteiger charge is 2.27. The average molecular weight is 547 g/mol. The summed E-state index contributed by atoms with van der Waals surface area (Å²) in [4.78, 5) is 35.9. The van der Waals surface area contributed by atoms with Crippen LogP contribution < -0.4 is 5.43 Å². The van der Waals surface area contributed by atoms with Crippen molar-refractivity contribution in [3.05, 3.63) is 148 Å². The van der Waals surface area contributed by atoms with Crippen LogP contribution in [0, 0.1) is 10.1 Å². The van der Waals surface area contributed by atoms with Crippen molar-refractivity contribution in [2.24, 2.45) is 5.10 Å². The number of aromatic nitrogens is 1. The van der Waals surface area contributed by atoms with Gasteiger partial charge in [0.05, 0.1) is 16.6 Å². The van der Waals surface area contributed by atoms with Crippen LogP contribution in [0.1, 0.15) is 39.4 Å². The number of nitro benzene ring substituents is 1. The second kappa shape index (κ2) is 12.1. The lowest BCUT2D eigenvalue weighted by molar-refractivity contribution is -0.384. The lowest BCUT2D eigenvalue weighted by Gasteiger charge is -2.14. The zero-order chi connectivity index (χ0) is 28.8. The van der Waals surface area contributed by atoms with Crippen molar-refractivity contribution in [3.8, 4) is 0 Å². The van der Waals surface area contributed by atoms with Crippen molar-refractivity contribution >= 4 is 34.2 Å². The van der Waals surface area contributed by atoms with Gasteiger partial charge in [-0.25, -0.2) is 5.43 Å². The van der Waals surface area contributed by atoms with Crippen LogP contribution in [-0.4, -0.2) is 32.2 Å². The van der Waals surface area contributed by atoms with Gasteiger partial charge in [-0.15, -0.1) is 0 Å². The molecule has 0 saturated carbocycles. The van der Waals surface area contributed by atoms with Gasteiger partial charge < -0.3 is 9.67 Å². The van der Waals surface area contributed by atoms with Crippen LogP contribution >= 0.6 is 0 Å². The third-order valence-electron chi connectivity index (χ3n) is 6.83. The summed E-state index contributed by atoms with van der Waals surface area (Å²) in [5.41, 5.74) is 6.25. The molecule has 5 aromatic rings. The van der Waals surface area contributed by atoms with Gasteiger partial charge in [0, 0.05) is 47.8 Å². The number of nitrogens with zero attached hydrogens (tertiary/aromatic N) is 3. The summed E-state index contributed by atoms with van der Waals surface area (Å²) in [6, 6.07) is 31.8. The monoisotopic (exact) mass is 546 g/mol. The molecule has 0 aliphatic carbocycles. The molecule has 0 bridgehead atoms. The van der Waals surface area contributed by atoms with E-state index in [2.05, 4.69) is 10.5 Å². The van der Waals surface area contributed by atoms with E-state index in [0.29, 0.717) is 23.4 Å². The maximum absolute atomic E-state index is 12.8. The van der Waals surface area contributed by atoms with Crippen LogP contribution in [0.2, 0.25) is 0 Å². The van der Waals surface area contributed by atoms with Crippen LogP contribution in [0.15, 0.2) is 120 Å². The zero-order valence-corrected chi connectivity index (χ0v) is 21.9. The Morgan fingerprint density at radius 2 is 1.49 bits per heavy atom. The first-order valence-corrected chi connectivity index (χ1v) is 12.9. The Hall–Kier alpha value is -5.57. The van der Waals surface area contributed by atoms with Crippen molar-refractivity contribution < 1.29 is 19.6 Å². The summed E-state index contributed by atoms with van der Waals surface area (Å²) >= 11 is 0. The highest BCUT2D eigenvalue weighted by atomic mass is 16.6. The van der Waals surface area contributed by atoms with Gasteiger partial charge in [0.2, 0.25) is 0 Å². The fourth-order valence-electron chi connectivity index (χ4n) is 4.76. The molecule has 204 valence electrons. The number of carbonyl (C=O) groups excluding carboxylic acids is 1. The van der Waals surface area contributed by atoms with Gasteiger partial charge in [-0.1, -0.05) is 78.9 Å². The third-order valence-corrected chi connectivity index (χ3v) is 6.83. The Kier molecular flexibility index (Phi) is 7.96. The molecular weight excluding hydrogens is 520 g/mol. The predicted molar refractivity (Wildman–Crippen MR) is 156 cm³/mol. The number of carboxylic acids is 1. The lowest BCUT2D eigenvalue weighted by atomic mass is 9.91. The van der Waals surface area contributed by atoms with Crippen molar-refractivity contribution in [1.29, 1.82) is 0 Å². The molecule has 5 rings (SSSR count). The number of benzene rings is 4. The molecule has 0 unspecified atom stereocenters.